The van der Waals surface area contributed by atoms with E-state index in [0.717, 1.165) is 0 Å². The van der Waals surface area contributed by atoms with Crippen LogP contribution in [0.4, 0.5) is 0 Å². The Hall–Kier alpha value is -0.610. The van der Waals surface area contributed by atoms with Crippen molar-refractivity contribution in [2.75, 3.05) is 7.11 Å². The Balaban J connectivity index is 3.76. The second-order valence-electron chi connectivity index (χ2n) is 2.71. The van der Waals surface area contributed by atoms with Crippen molar-refractivity contribution in [3.8, 4) is 0 Å². The summed E-state index contributed by atoms with van der Waals surface area (Å²) in [7, 11) is 1.56. The van der Waals surface area contributed by atoms with Crippen LogP contribution in [0.1, 0.15) is 20.3 Å². The zero-order valence-electron chi connectivity index (χ0n) is 6.60. The molecule has 0 aliphatic heterocycles. The Labute approximate surface area is 60.7 Å². The molecular formula is C6H14N2O2. The van der Waals surface area contributed by atoms with E-state index in [9.17, 15) is 4.79 Å². The molecule has 0 aliphatic carbocycles. The van der Waals surface area contributed by atoms with E-state index in [1.54, 1.807) is 7.11 Å². The third kappa shape index (κ3) is 3.42. The molecule has 10 heavy (non-hydrogen) atoms. The van der Waals surface area contributed by atoms with Crippen LogP contribution in [0.5, 0.6) is 0 Å². The molecule has 0 radical (unpaired) electrons. The highest BCUT2D eigenvalue weighted by atomic mass is 16.5. The summed E-state index contributed by atoms with van der Waals surface area (Å²) in [4.78, 5) is 10.7. The third-order valence-electron chi connectivity index (χ3n) is 1.30. The van der Waals surface area contributed by atoms with Crippen molar-refractivity contribution in [3.05, 3.63) is 0 Å². The van der Waals surface area contributed by atoms with E-state index in [1.807, 2.05) is 19.3 Å². The number of carbonyl (C=O) groups excluding carboxylic acids is 1. The normalized spacial score (nSPS) is 11.2. The summed E-state index contributed by atoms with van der Waals surface area (Å²) in [6.07, 6.45) is 0.278. The van der Waals surface area contributed by atoms with Crippen LogP contribution in [0, 0.1) is 0 Å². The van der Waals surface area contributed by atoms with Gasteiger partial charge in [-0.15, -0.1) is 0 Å². The van der Waals surface area contributed by atoms with Crippen LogP contribution in [-0.2, 0) is 9.53 Å². The van der Waals surface area contributed by atoms with Gasteiger partial charge in [-0.2, -0.15) is 0 Å². The maximum absolute atomic E-state index is 10.7. The lowest BCUT2D eigenvalue weighted by molar-refractivity contribution is -0.126. The number of nitrogens with two attached hydrogens (primary N) is 1. The van der Waals surface area contributed by atoms with E-state index >= 15 is 0 Å². The Morgan fingerprint density at radius 1 is 1.70 bits per heavy atom. The number of hydrogen-bond acceptors (Lipinski definition) is 3. The van der Waals surface area contributed by atoms with Crippen LogP contribution in [0.25, 0.3) is 0 Å². The van der Waals surface area contributed by atoms with Gasteiger partial charge in [0.05, 0.1) is 12.0 Å². The van der Waals surface area contributed by atoms with Gasteiger partial charge in [0.25, 0.3) is 0 Å². The van der Waals surface area contributed by atoms with E-state index in [-0.39, 0.29) is 12.3 Å². The van der Waals surface area contributed by atoms with Gasteiger partial charge in [-0.25, -0.2) is 5.84 Å². The van der Waals surface area contributed by atoms with Gasteiger partial charge in [0.2, 0.25) is 5.91 Å². The smallest absolute Gasteiger partial charge is 0.236 e. The summed E-state index contributed by atoms with van der Waals surface area (Å²) in [6.45, 7) is 3.64. The molecule has 0 unspecified atom stereocenters. The Morgan fingerprint density at radius 2 is 2.20 bits per heavy atom. The first-order chi connectivity index (χ1) is 4.52. The lowest BCUT2D eigenvalue weighted by atomic mass is 10.1. The molecule has 0 heterocycles. The van der Waals surface area contributed by atoms with Crippen LogP contribution in [0.3, 0.4) is 0 Å². The summed E-state index contributed by atoms with van der Waals surface area (Å²) in [6, 6.07) is 0. The third-order valence-corrected chi connectivity index (χ3v) is 1.30. The van der Waals surface area contributed by atoms with Gasteiger partial charge in [-0.1, -0.05) is 0 Å². The molecule has 0 aromatic rings. The van der Waals surface area contributed by atoms with E-state index < -0.39 is 5.60 Å². The van der Waals surface area contributed by atoms with E-state index in [1.165, 1.54) is 0 Å². The molecule has 60 valence electrons. The SMILES string of the molecule is COC(C)(C)CC(=O)NN. The van der Waals surface area contributed by atoms with Crippen molar-refractivity contribution >= 4 is 5.91 Å². The lowest BCUT2D eigenvalue weighted by Gasteiger charge is -2.20. The highest BCUT2D eigenvalue weighted by molar-refractivity contribution is 5.76. The molecule has 4 heteroatoms. The van der Waals surface area contributed by atoms with Gasteiger partial charge in [-0.3, -0.25) is 10.2 Å². The maximum atomic E-state index is 10.7. The van der Waals surface area contributed by atoms with Crippen molar-refractivity contribution in [2.24, 2.45) is 5.84 Å². The molecule has 0 rings (SSSR count). The number of hydrogen-bond donors (Lipinski definition) is 2. The quantitative estimate of drug-likeness (QED) is 0.329. The van der Waals surface area contributed by atoms with Crippen LogP contribution < -0.4 is 11.3 Å². The number of nitrogens with one attached hydrogen (secondary N) is 1. The summed E-state index contributed by atoms with van der Waals surface area (Å²) >= 11 is 0. The van der Waals surface area contributed by atoms with Crippen molar-refractivity contribution in [1.29, 1.82) is 0 Å². The molecule has 0 aromatic heterocycles. The highest BCUT2D eigenvalue weighted by Gasteiger charge is 2.19. The number of rotatable bonds is 3. The molecule has 0 fully saturated rings. The molecule has 0 atom stereocenters. The van der Waals surface area contributed by atoms with Crippen LogP contribution in [-0.4, -0.2) is 18.6 Å². The first kappa shape index (κ1) is 9.39. The summed E-state index contributed by atoms with van der Waals surface area (Å²) in [5.74, 6) is 4.66. The fourth-order valence-electron chi connectivity index (χ4n) is 0.510. The van der Waals surface area contributed by atoms with Gasteiger partial charge in [-0.05, 0) is 13.8 Å². The Kier molecular flexibility index (Phi) is 3.32. The topological polar surface area (TPSA) is 64.3 Å². The monoisotopic (exact) mass is 146 g/mol. The molecule has 3 N–H and O–H groups in total. The lowest BCUT2D eigenvalue weighted by Crippen LogP contribution is -2.37. The van der Waals surface area contributed by atoms with Crippen molar-refractivity contribution < 1.29 is 9.53 Å². The predicted molar refractivity (Wildman–Crippen MR) is 38.0 cm³/mol. The number of amides is 1. The molecule has 0 bridgehead atoms. The fourth-order valence-corrected chi connectivity index (χ4v) is 0.510. The molecule has 0 aliphatic rings. The Morgan fingerprint density at radius 3 is 2.50 bits per heavy atom. The van der Waals surface area contributed by atoms with Crippen molar-refractivity contribution in [1.82, 2.24) is 5.43 Å². The Bertz CT molecular complexity index is 123. The second-order valence-corrected chi connectivity index (χ2v) is 2.71. The number of carbonyl (C=O) groups is 1. The minimum absolute atomic E-state index is 0.216. The van der Waals surface area contributed by atoms with Gasteiger partial charge in [0, 0.05) is 7.11 Å². The molecular weight excluding hydrogens is 132 g/mol. The second kappa shape index (κ2) is 3.53. The molecule has 0 saturated heterocycles. The van der Waals surface area contributed by atoms with Crippen molar-refractivity contribution in [3.63, 3.8) is 0 Å². The van der Waals surface area contributed by atoms with Crippen LogP contribution in [0.15, 0.2) is 0 Å². The van der Waals surface area contributed by atoms with Gasteiger partial charge in [0.1, 0.15) is 0 Å². The van der Waals surface area contributed by atoms with Crippen LogP contribution >= 0.6 is 0 Å². The summed E-state index contributed by atoms with van der Waals surface area (Å²) < 4.78 is 4.99. The zero-order valence-corrected chi connectivity index (χ0v) is 6.60. The maximum Gasteiger partial charge on any atom is 0.236 e. The van der Waals surface area contributed by atoms with Crippen LogP contribution in [0.2, 0.25) is 0 Å². The zero-order chi connectivity index (χ0) is 8.20. The minimum Gasteiger partial charge on any atom is -0.378 e. The summed E-state index contributed by atoms with van der Waals surface area (Å²) in [5.41, 5.74) is 1.61. The minimum atomic E-state index is -0.427. The van der Waals surface area contributed by atoms with Crippen molar-refractivity contribution in [2.45, 2.75) is 25.9 Å². The predicted octanol–water partition coefficient (Wildman–Crippen LogP) is -0.209. The van der Waals surface area contributed by atoms with Gasteiger partial charge in [0.15, 0.2) is 0 Å². The standard InChI is InChI=1S/C6H14N2O2/c1-6(2,10-3)4-5(9)8-7/h4,7H2,1-3H3,(H,8,9). The van der Waals surface area contributed by atoms with E-state index in [4.69, 9.17) is 10.6 Å². The largest absolute Gasteiger partial charge is 0.378 e. The molecule has 0 aromatic carbocycles. The van der Waals surface area contributed by atoms with E-state index in [2.05, 4.69) is 0 Å². The van der Waals surface area contributed by atoms with E-state index in [0.29, 0.717) is 0 Å². The molecule has 1 amide bonds. The molecule has 4 nitrogen and oxygen atoms in total. The number of hydrazine groups is 1. The fraction of sp³-hybridized carbons (Fsp3) is 0.833. The first-order valence-corrected chi connectivity index (χ1v) is 3.06. The number of methoxy groups -OCH3 is 1. The number of ether oxygens (including phenoxy) is 1. The first-order valence-electron chi connectivity index (χ1n) is 3.06. The highest BCUT2D eigenvalue weighted by Crippen LogP contribution is 2.11. The molecule has 0 spiro atoms. The van der Waals surface area contributed by atoms with Gasteiger partial charge < -0.3 is 4.74 Å². The average molecular weight is 146 g/mol. The molecule has 0 saturated carbocycles. The van der Waals surface area contributed by atoms with Gasteiger partial charge >= 0.3 is 0 Å². The summed E-state index contributed by atoms with van der Waals surface area (Å²) in [5, 5.41) is 0. The average Bonchev–Trinajstić information content (AvgIpc) is 1.87.